The molecule has 1 atom stereocenters. The highest BCUT2D eigenvalue weighted by Gasteiger charge is 2.25. The number of benzene rings is 1. The Labute approximate surface area is 187 Å². The van der Waals surface area contributed by atoms with E-state index in [4.69, 9.17) is 9.47 Å². The minimum Gasteiger partial charge on any atom is -0.493 e. The van der Waals surface area contributed by atoms with Crippen LogP contribution in [0.15, 0.2) is 23.3 Å². The zero-order chi connectivity index (χ0) is 23.3. The van der Waals surface area contributed by atoms with E-state index >= 15 is 0 Å². The van der Waals surface area contributed by atoms with E-state index in [0.717, 1.165) is 12.8 Å². The van der Waals surface area contributed by atoms with Gasteiger partial charge in [-0.2, -0.15) is 0 Å². The van der Waals surface area contributed by atoms with Crippen molar-refractivity contribution in [3.05, 3.63) is 28.8 Å². The first-order chi connectivity index (χ1) is 15.3. The molecule has 2 aromatic rings. The van der Waals surface area contributed by atoms with E-state index in [1.54, 1.807) is 12.1 Å². The maximum atomic E-state index is 12.9. The number of carbonyl (C=O) groups is 2. The number of aromatic nitrogens is 2. The summed E-state index contributed by atoms with van der Waals surface area (Å²) < 4.78 is 12.1. The number of nitrogens with zero attached hydrogens (tertiary/aromatic N) is 3. The monoisotopic (exact) mass is 444 g/mol. The van der Waals surface area contributed by atoms with E-state index in [9.17, 15) is 14.4 Å². The summed E-state index contributed by atoms with van der Waals surface area (Å²) in [6.45, 7) is 5.35. The minimum absolute atomic E-state index is 0.00174. The van der Waals surface area contributed by atoms with Gasteiger partial charge in [0.25, 0.3) is 5.56 Å². The van der Waals surface area contributed by atoms with Crippen LogP contribution in [0.5, 0.6) is 11.5 Å². The van der Waals surface area contributed by atoms with Crippen LogP contribution >= 0.6 is 0 Å². The highest BCUT2D eigenvalue weighted by molar-refractivity contribution is 5.81. The Kier molecular flexibility index (Phi) is 7.71. The van der Waals surface area contributed by atoms with Crippen molar-refractivity contribution in [3.8, 4) is 11.5 Å². The van der Waals surface area contributed by atoms with Gasteiger partial charge in [-0.05, 0) is 25.3 Å². The lowest BCUT2D eigenvalue weighted by molar-refractivity contribution is -0.134. The summed E-state index contributed by atoms with van der Waals surface area (Å²) in [5.74, 6) is 0.968. The molecule has 9 heteroatoms. The molecule has 2 amide bonds. The number of carbonyl (C=O) groups excluding carboxylic acids is 2. The van der Waals surface area contributed by atoms with Crippen LogP contribution in [0.1, 0.15) is 39.5 Å². The van der Waals surface area contributed by atoms with Crippen molar-refractivity contribution in [1.82, 2.24) is 19.8 Å². The Bertz CT molecular complexity index is 1030. The zero-order valence-corrected chi connectivity index (χ0v) is 19.2. The predicted molar refractivity (Wildman–Crippen MR) is 121 cm³/mol. The molecule has 1 saturated heterocycles. The first-order valence-electron chi connectivity index (χ1n) is 11.0. The minimum atomic E-state index is -0.183. The molecule has 1 aliphatic heterocycles. The molecule has 1 fully saturated rings. The molecule has 1 aromatic carbocycles. The number of hydrogen-bond donors (Lipinski definition) is 1. The topological polar surface area (TPSA) is 103 Å². The van der Waals surface area contributed by atoms with Crippen LogP contribution in [0.4, 0.5) is 0 Å². The number of amides is 2. The summed E-state index contributed by atoms with van der Waals surface area (Å²) in [7, 11) is 3.05. The zero-order valence-electron chi connectivity index (χ0n) is 19.2. The van der Waals surface area contributed by atoms with Crippen molar-refractivity contribution < 1.29 is 19.1 Å². The molecule has 0 aliphatic carbocycles. The number of methoxy groups -OCH3 is 2. The van der Waals surface area contributed by atoms with E-state index in [-0.39, 0.29) is 29.3 Å². The van der Waals surface area contributed by atoms with Gasteiger partial charge in [-0.15, -0.1) is 0 Å². The summed E-state index contributed by atoms with van der Waals surface area (Å²) in [6.07, 6.45) is 4.11. The Morgan fingerprint density at radius 2 is 1.94 bits per heavy atom. The fraction of sp³-hybridized carbons (Fsp3) is 0.565. The fourth-order valence-electron chi connectivity index (χ4n) is 3.89. The van der Waals surface area contributed by atoms with Gasteiger partial charge in [0.05, 0.1) is 31.4 Å². The molecule has 0 spiro atoms. The molecule has 1 aliphatic rings. The molecule has 2 heterocycles. The second-order valence-electron chi connectivity index (χ2n) is 8.41. The Morgan fingerprint density at radius 1 is 1.22 bits per heavy atom. The van der Waals surface area contributed by atoms with Gasteiger partial charge >= 0.3 is 0 Å². The third-order valence-electron chi connectivity index (χ3n) is 5.76. The van der Waals surface area contributed by atoms with Crippen molar-refractivity contribution in [2.24, 2.45) is 5.92 Å². The Balaban J connectivity index is 1.60. The van der Waals surface area contributed by atoms with Crippen molar-refractivity contribution >= 4 is 22.7 Å². The first-order valence-corrected chi connectivity index (χ1v) is 11.0. The maximum Gasteiger partial charge on any atom is 0.261 e. The third kappa shape index (κ3) is 5.38. The average molecular weight is 445 g/mol. The van der Waals surface area contributed by atoms with Crippen molar-refractivity contribution in [3.63, 3.8) is 0 Å². The van der Waals surface area contributed by atoms with E-state index in [1.165, 1.54) is 25.1 Å². The van der Waals surface area contributed by atoms with Crippen molar-refractivity contribution in [1.29, 1.82) is 0 Å². The number of piperidine rings is 1. The summed E-state index contributed by atoms with van der Waals surface area (Å²) >= 11 is 0. The van der Waals surface area contributed by atoms with Crippen molar-refractivity contribution in [2.45, 2.75) is 52.1 Å². The molecule has 9 nitrogen and oxygen atoms in total. The van der Waals surface area contributed by atoms with E-state index < -0.39 is 0 Å². The number of ether oxygens (including phenoxy) is 2. The van der Waals surface area contributed by atoms with E-state index in [0.29, 0.717) is 54.9 Å². The van der Waals surface area contributed by atoms with Gasteiger partial charge in [0, 0.05) is 44.1 Å². The number of likely N-dealkylation sites (tertiary alicyclic amines) is 1. The van der Waals surface area contributed by atoms with E-state index in [2.05, 4.69) is 10.3 Å². The smallest absolute Gasteiger partial charge is 0.261 e. The second-order valence-corrected chi connectivity index (χ2v) is 8.41. The lowest BCUT2D eigenvalue weighted by Crippen LogP contribution is -2.50. The van der Waals surface area contributed by atoms with Gasteiger partial charge in [-0.25, -0.2) is 4.98 Å². The molecular weight excluding hydrogens is 412 g/mol. The summed E-state index contributed by atoms with van der Waals surface area (Å²) in [5, 5.41) is 3.46. The summed E-state index contributed by atoms with van der Waals surface area (Å²) in [4.78, 5) is 43.7. The lowest BCUT2D eigenvalue weighted by Gasteiger charge is -2.33. The van der Waals surface area contributed by atoms with Crippen LogP contribution in [-0.4, -0.2) is 59.6 Å². The lowest BCUT2D eigenvalue weighted by atomic mass is 10.0. The van der Waals surface area contributed by atoms with Gasteiger partial charge in [-0.3, -0.25) is 19.0 Å². The molecule has 1 unspecified atom stereocenters. The van der Waals surface area contributed by atoms with Crippen LogP contribution in [0, 0.1) is 5.92 Å². The largest absolute Gasteiger partial charge is 0.493 e. The maximum absolute atomic E-state index is 12.9. The number of fused-ring (bicyclic) bond motifs is 1. The van der Waals surface area contributed by atoms with Crippen LogP contribution in [0.25, 0.3) is 10.9 Å². The van der Waals surface area contributed by atoms with Gasteiger partial charge in [0.2, 0.25) is 11.8 Å². The third-order valence-corrected chi connectivity index (χ3v) is 5.76. The Morgan fingerprint density at radius 3 is 2.62 bits per heavy atom. The van der Waals surface area contributed by atoms with E-state index in [1.807, 2.05) is 18.7 Å². The standard InChI is InChI=1S/C23H32N4O5/c1-15(2)22(29)25-16-7-5-9-26(13-16)21(28)8-6-10-27-14-24-18-12-20(32-4)19(31-3)11-17(18)23(27)30/h11-12,14-16H,5-10,13H2,1-4H3,(H,25,29). The number of rotatable bonds is 8. The number of hydrogen-bond acceptors (Lipinski definition) is 6. The molecular formula is C23H32N4O5. The second kappa shape index (κ2) is 10.5. The summed E-state index contributed by atoms with van der Waals surface area (Å²) in [6, 6.07) is 3.31. The first kappa shape index (κ1) is 23.6. The number of aryl methyl sites for hydroxylation is 1. The predicted octanol–water partition coefficient (Wildman–Crippen LogP) is 1.96. The molecule has 3 rings (SSSR count). The molecule has 32 heavy (non-hydrogen) atoms. The van der Waals surface area contributed by atoms with Gasteiger partial charge in [-0.1, -0.05) is 13.8 Å². The fourth-order valence-corrected chi connectivity index (χ4v) is 3.89. The van der Waals surface area contributed by atoms with Crippen molar-refractivity contribution in [2.75, 3.05) is 27.3 Å². The molecule has 0 bridgehead atoms. The SMILES string of the molecule is COc1cc2ncn(CCCC(=O)N3CCCC(NC(=O)C(C)C)C3)c(=O)c2cc1OC. The van der Waals surface area contributed by atoms with Crippen LogP contribution in [0.3, 0.4) is 0 Å². The van der Waals surface area contributed by atoms with Crippen LogP contribution in [-0.2, 0) is 16.1 Å². The summed E-state index contributed by atoms with van der Waals surface area (Å²) in [5.41, 5.74) is 0.348. The molecule has 1 aromatic heterocycles. The van der Waals surface area contributed by atoms with Gasteiger partial charge < -0.3 is 19.7 Å². The molecule has 1 N–H and O–H groups in total. The quantitative estimate of drug-likeness (QED) is 0.668. The molecule has 174 valence electrons. The highest BCUT2D eigenvalue weighted by Crippen LogP contribution is 2.29. The van der Waals surface area contributed by atoms with Crippen LogP contribution in [0.2, 0.25) is 0 Å². The molecule has 0 radical (unpaired) electrons. The average Bonchev–Trinajstić information content (AvgIpc) is 2.79. The van der Waals surface area contributed by atoms with Gasteiger partial charge in [0.15, 0.2) is 11.5 Å². The number of nitrogens with one attached hydrogen (secondary N) is 1. The van der Waals surface area contributed by atoms with Gasteiger partial charge in [0.1, 0.15) is 0 Å². The molecule has 0 saturated carbocycles. The van der Waals surface area contributed by atoms with Crippen LogP contribution < -0.4 is 20.3 Å². The highest BCUT2D eigenvalue weighted by atomic mass is 16.5. The Hall–Kier alpha value is -3.10. The normalized spacial score (nSPS) is 16.3.